The Labute approximate surface area is 184 Å². The fourth-order valence-electron chi connectivity index (χ4n) is 2.95. The third kappa shape index (κ3) is 8.01. The lowest BCUT2D eigenvalue weighted by Crippen LogP contribution is -2.47. The quantitative estimate of drug-likeness (QED) is 0.329. The number of aliphatic hydroxyl groups excluding tert-OH is 2. The van der Waals surface area contributed by atoms with Gasteiger partial charge in [0, 0.05) is 16.9 Å². The maximum absolute atomic E-state index is 13.5. The summed E-state index contributed by atoms with van der Waals surface area (Å²) in [5.41, 5.74) is 5.19. The van der Waals surface area contributed by atoms with Gasteiger partial charge in [0.15, 0.2) is 0 Å². The number of aryl methyl sites for hydroxylation is 2. The predicted molar refractivity (Wildman–Crippen MR) is 114 cm³/mol. The van der Waals surface area contributed by atoms with Gasteiger partial charge in [-0.25, -0.2) is 0 Å². The minimum Gasteiger partial charge on any atom is -0.493 e. The van der Waals surface area contributed by atoms with E-state index in [4.69, 9.17) is 14.7 Å². The molecule has 2 aromatic carbocycles. The largest absolute Gasteiger partial charge is 0.493 e. The van der Waals surface area contributed by atoms with E-state index in [0.717, 1.165) is 16.5 Å². The van der Waals surface area contributed by atoms with Gasteiger partial charge < -0.3 is 24.9 Å². The molecule has 0 atom stereocenters. The highest BCUT2D eigenvalue weighted by Gasteiger charge is 2.35. The first kappa shape index (κ1) is 25.5. The van der Waals surface area contributed by atoms with Gasteiger partial charge in [0.25, 0.3) is 0 Å². The van der Waals surface area contributed by atoms with Gasteiger partial charge in [0.1, 0.15) is 5.75 Å². The van der Waals surface area contributed by atoms with Crippen LogP contribution in [0.1, 0.15) is 29.5 Å². The highest BCUT2D eigenvalue weighted by Crippen LogP contribution is 2.37. The summed E-state index contributed by atoms with van der Waals surface area (Å²) >= 11 is 1.26. The summed E-state index contributed by atoms with van der Waals surface area (Å²) in [6, 6.07) is 11.7. The van der Waals surface area contributed by atoms with Gasteiger partial charge in [-0.1, -0.05) is 18.2 Å². The van der Waals surface area contributed by atoms with Crippen molar-refractivity contribution < 1.29 is 32.3 Å². The predicted octanol–water partition coefficient (Wildman–Crippen LogP) is 3.99. The summed E-state index contributed by atoms with van der Waals surface area (Å²) in [6.45, 7) is -0.756. The summed E-state index contributed by atoms with van der Waals surface area (Å²) in [4.78, 5) is 0.974. The topological polar surface area (TPSA) is 84.9 Å². The van der Waals surface area contributed by atoms with Gasteiger partial charge in [0.05, 0.1) is 38.0 Å². The van der Waals surface area contributed by atoms with E-state index in [1.807, 2.05) is 24.3 Å². The maximum Gasteiger partial charge on any atom is 0.419 e. The fourth-order valence-corrected chi connectivity index (χ4v) is 3.39. The molecule has 5 nitrogen and oxygen atoms in total. The molecule has 0 fully saturated rings. The monoisotopic (exact) mass is 459 g/mol. The van der Waals surface area contributed by atoms with Crippen molar-refractivity contribution in [3.8, 4) is 5.75 Å². The molecule has 0 saturated heterocycles. The molecule has 0 radical (unpaired) electrons. The Hall–Kier alpha value is -1.78. The Balaban J connectivity index is 1.96. The van der Waals surface area contributed by atoms with Gasteiger partial charge >= 0.3 is 6.18 Å². The Kier molecular flexibility index (Phi) is 9.64. The van der Waals surface area contributed by atoms with Gasteiger partial charge in [-0.3, -0.25) is 0 Å². The van der Waals surface area contributed by atoms with Crippen LogP contribution in [-0.2, 0) is 23.2 Å². The molecule has 2 rings (SSSR count). The second-order valence-corrected chi connectivity index (χ2v) is 8.32. The molecule has 31 heavy (non-hydrogen) atoms. The number of ether oxygens (including phenoxy) is 1. The summed E-state index contributed by atoms with van der Waals surface area (Å²) in [7, 11) is 1.59. The normalized spacial score (nSPS) is 12.2. The van der Waals surface area contributed by atoms with Crippen molar-refractivity contribution in [1.29, 1.82) is 0 Å². The molecule has 0 bridgehead atoms. The number of rotatable bonds is 12. The van der Waals surface area contributed by atoms with Gasteiger partial charge in [0.2, 0.25) is 0 Å². The lowest BCUT2D eigenvalue weighted by molar-refractivity contribution is -0.139. The van der Waals surface area contributed by atoms with Crippen LogP contribution in [0, 0.1) is 0 Å². The van der Waals surface area contributed by atoms with Crippen molar-refractivity contribution in [2.45, 2.75) is 42.3 Å². The number of halogens is 3. The SMILES string of the molecule is COSc1ccc(CCCOc2ccc(CCC(N)(CO)CO)cc2C(F)(F)F)cc1. The van der Waals surface area contributed by atoms with E-state index in [0.29, 0.717) is 18.4 Å². The van der Waals surface area contributed by atoms with E-state index in [2.05, 4.69) is 0 Å². The first-order valence-corrected chi connectivity index (χ1v) is 10.6. The van der Waals surface area contributed by atoms with E-state index in [1.54, 1.807) is 13.2 Å². The van der Waals surface area contributed by atoms with Crippen molar-refractivity contribution in [2.24, 2.45) is 5.73 Å². The Morgan fingerprint density at radius 3 is 2.19 bits per heavy atom. The smallest absolute Gasteiger partial charge is 0.419 e. The molecular formula is C22H28F3NO4S. The summed E-state index contributed by atoms with van der Waals surface area (Å²) in [5, 5.41) is 18.5. The van der Waals surface area contributed by atoms with Crippen LogP contribution in [0.15, 0.2) is 47.4 Å². The highest BCUT2D eigenvalue weighted by molar-refractivity contribution is 7.94. The number of benzene rings is 2. The van der Waals surface area contributed by atoms with Crippen molar-refractivity contribution in [3.63, 3.8) is 0 Å². The number of nitrogens with two attached hydrogens (primary N) is 1. The molecule has 4 N–H and O–H groups in total. The zero-order valence-corrected chi connectivity index (χ0v) is 18.1. The van der Waals surface area contributed by atoms with Crippen LogP contribution in [0.25, 0.3) is 0 Å². The zero-order valence-electron chi connectivity index (χ0n) is 17.3. The minimum absolute atomic E-state index is 0.151. The molecule has 0 aromatic heterocycles. The molecule has 0 saturated carbocycles. The van der Waals surface area contributed by atoms with E-state index >= 15 is 0 Å². The standard InChI is InChI=1S/C22H28F3NO4S/c1-29-31-18-7-4-16(5-8-18)3-2-12-30-20-9-6-17(13-19(20)22(23,24)25)10-11-21(26,14-27)15-28/h4-9,13,27-28H,2-3,10-12,14-15,26H2,1H3. The molecule has 0 aliphatic heterocycles. The van der Waals surface area contributed by atoms with Crippen LogP contribution in [0.3, 0.4) is 0 Å². The lowest BCUT2D eigenvalue weighted by atomic mass is 9.93. The average molecular weight is 460 g/mol. The van der Waals surface area contributed by atoms with Gasteiger partial charge in [-0.15, -0.1) is 0 Å². The molecule has 0 aliphatic rings. The van der Waals surface area contributed by atoms with Crippen LogP contribution < -0.4 is 10.5 Å². The van der Waals surface area contributed by atoms with Crippen LogP contribution in [0.5, 0.6) is 5.75 Å². The number of aliphatic hydroxyl groups is 2. The molecule has 0 spiro atoms. The molecular weight excluding hydrogens is 431 g/mol. The zero-order chi connectivity index (χ0) is 22.9. The average Bonchev–Trinajstić information content (AvgIpc) is 2.76. The Morgan fingerprint density at radius 2 is 1.61 bits per heavy atom. The van der Waals surface area contributed by atoms with Crippen LogP contribution >= 0.6 is 12.0 Å². The van der Waals surface area contributed by atoms with Gasteiger partial charge in [-0.2, -0.15) is 13.2 Å². The molecule has 9 heteroatoms. The van der Waals surface area contributed by atoms with Crippen molar-refractivity contribution in [1.82, 2.24) is 0 Å². The van der Waals surface area contributed by atoms with Crippen molar-refractivity contribution in [3.05, 3.63) is 59.2 Å². The van der Waals surface area contributed by atoms with Gasteiger partial charge in [-0.05, 0) is 61.1 Å². The number of hydrogen-bond acceptors (Lipinski definition) is 6. The van der Waals surface area contributed by atoms with E-state index in [-0.39, 0.29) is 25.2 Å². The van der Waals surface area contributed by atoms with E-state index in [9.17, 15) is 23.4 Å². The van der Waals surface area contributed by atoms with Crippen molar-refractivity contribution in [2.75, 3.05) is 26.9 Å². The third-order valence-electron chi connectivity index (χ3n) is 4.86. The van der Waals surface area contributed by atoms with E-state index in [1.165, 1.54) is 18.1 Å². The summed E-state index contributed by atoms with van der Waals surface area (Å²) < 4.78 is 51.0. The maximum atomic E-state index is 13.5. The molecule has 0 heterocycles. The Bertz CT molecular complexity index is 811. The Morgan fingerprint density at radius 1 is 0.968 bits per heavy atom. The van der Waals surface area contributed by atoms with Crippen molar-refractivity contribution >= 4 is 12.0 Å². The van der Waals surface area contributed by atoms with Crippen LogP contribution in [0.4, 0.5) is 13.2 Å². The summed E-state index contributed by atoms with van der Waals surface area (Å²) in [6.07, 6.45) is -2.97. The molecule has 0 unspecified atom stereocenters. The first-order chi connectivity index (χ1) is 14.7. The third-order valence-corrected chi connectivity index (χ3v) is 5.49. The number of hydrogen-bond donors (Lipinski definition) is 3. The second-order valence-electron chi connectivity index (χ2n) is 7.35. The first-order valence-electron chi connectivity index (χ1n) is 9.84. The van der Waals surface area contributed by atoms with Crippen LogP contribution in [0.2, 0.25) is 0 Å². The minimum atomic E-state index is -4.56. The highest BCUT2D eigenvalue weighted by atomic mass is 32.2. The molecule has 0 amide bonds. The summed E-state index contributed by atoms with van der Waals surface area (Å²) in [5.74, 6) is -0.216. The lowest BCUT2D eigenvalue weighted by Gasteiger charge is -2.24. The van der Waals surface area contributed by atoms with Crippen LogP contribution in [-0.4, -0.2) is 42.7 Å². The fraction of sp³-hybridized carbons (Fsp3) is 0.455. The molecule has 2 aromatic rings. The second kappa shape index (κ2) is 11.7. The number of alkyl halides is 3. The molecule has 0 aliphatic carbocycles. The van der Waals surface area contributed by atoms with E-state index < -0.39 is 30.5 Å². The molecule has 172 valence electrons.